The van der Waals surface area contributed by atoms with Crippen molar-refractivity contribution in [3.05, 3.63) is 194 Å². The first-order valence-electron chi connectivity index (χ1n) is 19.1. The molecular weight excluding hydrogens is 681 g/mol. The van der Waals surface area contributed by atoms with Crippen LogP contribution in [0.3, 0.4) is 0 Å². The van der Waals surface area contributed by atoms with E-state index in [2.05, 4.69) is 173 Å². The topological polar surface area (TPSA) is 35.6 Å². The number of hydrogen-bond donors (Lipinski definition) is 0. The first-order chi connectivity index (χ1) is 27.8. The van der Waals surface area contributed by atoms with Crippen molar-refractivity contribution in [2.45, 2.75) is 0 Å². The van der Waals surface area contributed by atoms with Crippen LogP contribution in [0.2, 0.25) is 0 Å². The Morgan fingerprint density at radius 3 is 1.61 bits per heavy atom. The Morgan fingerprint density at radius 1 is 0.304 bits per heavy atom. The first kappa shape index (κ1) is 30.9. The molecule has 260 valence electrons. The van der Waals surface area contributed by atoms with Gasteiger partial charge in [-0.3, -0.25) is 0 Å². The molecule has 12 aromatic rings. The molecule has 0 N–H and O–H groups in total. The lowest BCUT2D eigenvalue weighted by Gasteiger charge is -2.13. The zero-order valence-corrected chi connectivity index (χ0v) is 30.3. The highest BCUT2D eigenvalue weighted by atomic mass is 15.0. The lowest BCUT2D eigenvalue weighted by Crippen LogP contribution is -1.97. The normalized spacial score (nSPS) is 11.9. The van der Waals surface area contributed by atoms with Gasteiger partial charge in [0, 0.05) is 44.0 Å². The third kappa shape index (κ3) is 4.60. The van der Waals surface area contributed by atoms with E-state index in [1.807, 2.05) is 30.3 Å². The smallest absolute Gasteiger partial charge is 0.0973 e. The molecule has 4 heteroatoms. The van der Waals surface area contributed by atoms with Gasteiger partial charge < -0.3 is 9.13 Å². The summed E-state index contributed by atoms with van der Waals surface area (Å²) in [5.41, 5.74) is 12.6. The Bertz CT molecular complexity index is 3520. The van der Waals surface area contributed by atoms with E-state index in [-0.39, 0.29) is 0 Å². The average molecular weight is 713 g/mol. The van der Waals surface area contributed by atoms with Crippen LogP contribution in [-0.4, -0.2) is 19.1 Å². The standard InChI is InChI=1S/C52H32N4/c1-2-13-34(14-3-1)51-52(54-45-20-10-9-19-44(45)53-51)35-22-25-38(26-23-35)55-47-29-27-39(32-43(47)42-30-36-15-4-5-16-37(36)31-49(42)55)56-46-21-11-8-18-41(46)50-40-17-7-6-12-33(40)24-28-48(50)56/h1-32H. The second-order valence-corrected chi connectivity index (χ2v) is 14.6. The fraction of sp³-hybridized carbons (Fsp3) is 0. The van der Waals surface area contributed by atoms with Crippen LogP contribution in [0.5, 0.6) is 0 Å². The van der Waals surface area contributed by atoms with E-state index in [0.29, 0.717) is 0 Å². The van der Waals surface area contributed by atoms with Crippen LogP contribution in [0.4, 0.5) is 0 Å². The minimum atomic E-state index is 0.873. The van der Waals surface area contributed by atoms with Gasteiger partial charge in [-0.15, -0.1) is 0 Å². The highest BCUT2D eigenvalue weighted by Crippen LogP contribution is 2.41. The molecular formula is C52H32N4. The summed E-state index contributed by atoms with van der Waals surface area (Å²) in [6.45, 7) is 0. The van der Waals surface area contributed by atoms with E-state index in [4.69, 9.17) is 9.97 Å². The summed E-state index contributed by atoms with van der Waals surface area (Å²) in [4.78, 5) is 10.3. The first-order valence-corrected chi connectivity index (χ1v) is 19.1. The summed E-state index contributed by atoms with van der Waals surface area (Å²) in [6.07, 6.45) is 0. The highest BCUT2D eigenvalue weighted by molar-refractivity contribution is 6.21. The SMILES string of the molecule is c1ccc(-c2nc3ccccc3nc2-c2ccc(-n3c4ccc(-n5c6ccccc6c6c7ccccc7ccc65)cc4c4cc5ccccc5cc43)cc2)cc1. The van der Waals surface area contributed by atoms with Gasteiger partial charge in [0.1, 0.15) is 0 Å². The van der Waals surface area contributed by atoms with Gasteiger partial charge in [-0.05, 0) is 88.3 Å². The minimum Gasteiger partial charge on any atom is -0.309 e. The summed E-state index contributed by atoms with van der Waals surface area (Å²) in [7, 11) is 0. The zero-order chi connectivity index (χ0) is 36.7. The Kier molecular flexibility index (Phi) is 6.60. The van der Waals surface area contributed by atoms with E-state index < -0.39 is 0 Å². The van der Waals surface area contributed by atoms with E-state index in [1.165, 1.54) is 59.6 Å². The maximum Gasteiger partial charge on any atom is 0.0973 e. The Hall–Kier alpha value is -7.56. The molecule has 4 nitrogen and oxygen atoms in total. The number of rotatable bonds is 4. The number of hydrogen-bond acceptors (Lipinski definition) is 2. The van der Waals surface area contributed by atoms with Crippen LogP contribution in [0.15, 0.2) is 194 Å². The summed E-state index contributed by atoms with van der Waals surface area (Å²) in [6, 6.07) is 69.7. The van der Waals surface area contributed by atoms with Gasteiger partial charge in [-0.2, -0.15) is 0 Å². The van der Waals surface area contributed by atoms with Crippen molar-refractivity contribution in [2.75, 3.05) is 0 Å². The molecule has 3 heterocycles. The molecule has 0 amide bonds. The lowest BCUT2D eigenvalue weighted by molar-refractivity contribution is 1.17. The molecule has 0 aliphatic carbocycles. The van der Waals surface area contributed by atoms with Crippen LogP contribution in [-0.2, 0) is 0 Å². The van der Waals surface area contributed by atoms with E-state index in [9.17, 15) is 0 Å². The minimum absolute atomic E-state index is 0.873. The van der Waals surface area contributed by atoms with Crippen LogP contribution >= 0.6 is 0 Å². The monoisotopic (exact) mass is 712 g/mol. The van der Waals surface area contributed by atoms with Gasteiger partial charge in [-0.1, -0.05) is 127 Å². The predicted molar refractivity (Wildman–Crippen MR) is 234 cm³/mol. The molecule has 56 heavy (non-hydrogen) atoms. The predicted octanol–water partition coefficient (Wildman–Crippen LogP) is 13.5. The van der Waals surface area contributed by atoms with Gasteiger partial charge in [-0.25, -0.2) is 9.97 Å². The fourth-order valence-electron chi connectivity index (χ4n) is 8.90. The van der Waals surface area contributed by atoms with Gasteiger partial charge >= 0.3 is 0 Å². The van der Waals surface area contributed by atoms with Gasteiger partial charge in [0.15, 0.2) is 0 Å². The zero-order valence-electron chi connectivity index (χ0n) is 30.3. The summed E-state index contributed by atoms with van der Waals surface area (Å²) >= 11 is 0. The Morgan fingerprint density at radius 2 is 0.839 bits per heavy atom. The summed E-state index contributed by atoms with van der Waals surface area (Å²) < 4.78 is 4.85. The van der Waals surface area contributed by atoms with E-state index in [0.717, 1.165) is 50.4 Å². The molecule has 0 aliphatic rings. The van der Waals surface area contributed by atoms with Crippen molar-refractivity contribution in [1.82, 2.24) is 19.1 Å². The second kappa shape index (κ2) is 12.0. The Labute approximate surface area is 322 Å². The molecule has 0 aliphatic heterocycles. The fourth-order valence-corrected chi connectivity index (χ4v) is 8.90. The molecule has 0 radical (unpaired) electrons. The maximum absolute atomic E-state index is 5.17. The quantitative estimate of drug-likeness (QED) is 0.182. The molecule has 0 unspecified atom stereocenters. The molecule has 12 rings (SSSR count). The van der Waals surface area contributed by atoms with E-state index >= 15 is 0 Å². The van der Waals surface area contributed by atoms with Crippen molar-refractivity contribution in [3.63, 3.8) is 0 Å². The van der Waals surface area contributed by atoms with Crippen molar-refractivity contribution in [1.29, 1.82) is 0 Å². The summed E-state index contributed by atoms with van der Waals surface area (Å²) in [5, 5.41) is 9.97. The highest BCUT2D eigenvalue weighted by Gasteiger charge is 2.19. The van der Waals surface area contributed by atoms with Crippen molar-refractivity contribution < 1.29 is 0 Å². The number of fused-ring (bicyclic) bond motifs is 10. The van der Waals surface area contributed by atoms with Gasteiger partial charge in [0.2, 0.25) is 0 Å². The number of aromatic nitrogens is 4. The molecule has 3 aromatic heterocycles. The third-order valence-corrected chi connectivity index (χ3v) is 11.5. The second-order valence-electron chi connectivity index (χ2n) is 14.6. The largest absolute Gasteiger partial charge is 0.309 e. The third-order valence-electron chi connectivity index (χ3n) is 11.5. The van der Waals surface area contributed by atoms with Crippen molar-refractivity contribution in [3.8, 4) is 33.9 Å². The van der Waals surface area contributed by atoms with Crippen LogP contribution < -0.4 is 0 Å². The van der Waals surface area contributed by atoms with E-state index in [1.54, 1.807) is 0 Å². The Balaban J connectivity index is 1.08. The molecule has 0 fully saturated rings. The van der Waals surface area contributed by atoms with Crippen LogP contribution in [0, 0.1) is 0 Å². The molecule has 0 saturated carbocycles. The molecule has 0 bridgehead atoms. The molecule has 0 spiro atoms. The van der Waals surface area contributed by atoms with Crippen LogP contribution in [0.1, 0.15) is 0 Å². The number of benzene rings is 9. The van der Waals surface area contributed by atoms with Crippen molar-refractivity contribution >= 4 is 76.2 Å². The van der Waals surface area contributed by atoms with Gasteiger partial charge in [0.05, 0.1) is 44.5 Å². The summed E-state index contributed by atoms with van der Waals surface area (Å²) in [5.74, 6) is 0. The number of para-hydroxylation sites is 3. The maximum atomic E-state index is 5.17. The molecule has 0 saturated heterocycles. The number of nitrogens with zero attached hydrogens (tertiary/aromatic N) is 4. The van der Waals surface area contributed by atoms with Crippen molar-refractivity contribution in [2.24, 2.45) is 0 Å². The van der Waals surface area contributed by atoms with Crippen LogP contribution in [0.25, 0.3) is 110 Å². The lowest BCUT2D eigenvalue weighted by atomic mass is 10.0. The average Bonchev–Trinajstić information content (AvgIpc) is 3.77. The molecule has 9 aromatic carbocycles. The van der Waals surface area contributed by atoms with Gasteiger partial charge in [0.25, 0.3) is 0 Å². The molecule has 0 atom stereocenters.